The molecule has 0 bridgehead atoms. The van der Waals surface area contributed by atoms with Crippen molar-refractivity contribution in [3.63, 3.8) is 0 Å². The predicted molar refractivity (Wildman–Crippen MR) is 61.8 cm³/mol. The molecule has 1 N–H and O–H groups in total. The highest BCUT2D eigenvalue weighted by Crippen LogP contribution is 2.25. The normalized spacial score (nSPS) is 37.0. The number of piperidine rings is 1. The van der Waals surface area contributed by atoms with E-state index in [2.05, 4.69) is 31.0 Å². The quantitative estimate of drug-likeness (QED) is 0.752. The fourth-order valence-electron chi connectivity index (χ4n) is 2.73. The van der Waals surface area contributed by atoms with Crippen molar-refractivity contribution in [2.75, 3.05) is 19.7 Å². The number of likely N-dealkylation sites (N-methyl/N-ethyl adjacent to an activating group) is 1. The van der Waals surface area contributed by atoms with E-state index in [4.69, 9.17) is 4.74 Å². The summed E-state index contributed by atoms with van der Waals surface area (Å²) in [6.45, 7) is 9.90. The number of rotatable bonds is 2. The van der Waals surface area contributed by atoms with Crippen LogP contribution < -0.4 is 5.32 Å². The molecule has 2 saturated heterocycles. The molecule has 0 saturated carbocycles. The van der Waals surface area contributed by atoms with Crippen molar-refractivity contribution in [1.82, 2.24) is 10.2 Å². The molecule has 2 fully saturated rings. The third-order valence-corrected chi connectivity index (χ3v) is 3.58. The van der Waals surface area contributed by atoms with Crippen LogP contribution in [0.5, 0.6) is 0 Å². The molecule has 0 aromatic carbocycles. The van der Waals surface area contributed by atoms with Crippen LogP contribution in [0.4, 0.5) is 0 Å². The molecule has 0 aromatic rings. The summed E-state index contributed by atoms with van der Waals surface area (Å²) >= 11 is 0. The highest BCUT2D eigenvalue weighted by atomic mass is 16.5. The molecule has 0 aliphatic carbocycles. The molecule has 2 rings (SSSR count). The maximum absolute atomic E-state index is 5.89. The Balaban J connectivity index is 1.97. The Bertz CT molecular complexity index is 218. The van der Waals surface area contributed by atoms with Gasteiger partial charge in [0, 0.05) is 11.6 Å². The second-order valence-electron chi connectivity index (χ2n) is 5.45. The van der Waals surface area contributed by atoms with Gasteiger partial charge in [0.05, 0.1) is 6.61 Å². The van der Waals surface area contributed by atoms with Crippen LogP contribution >= 0.6 is 0 Å². The maximum atomic E-state index is 5.89. The molecular weight excluding hydrogens is 188 g/mol. The van der Waals surface area contributed by atoms with Crippen molar-refractivity contribution in [3.05, 3.63) is 0 Å². The van der Waals surface area contributed by atoms with Gasteiger partial charge in [0.1, 0.15) is 6.23 Å². The third-order valence-electron chi connectivity index (χ3n) is 3.58. The van der Waals surface area contributed by atoms with Crippen LogP contribution in [0, 0.1) is 0 Å². The minimum absolute atomic E-state index is 0.154. The first-order valence-electron chi connectivity index (χ1n) is 6.26. The molecule has 0 radical (unpaired) electrons. The molecule has 2 aliphatic heterocycles. The second kappa shape index (κ2) is 4.40. The molecule has 2 aliphatic rings. The van der Waals surface area contributed by atoms with Gasteiger partial charge in [-0.1, -0.05) is 13.3 Å². The summed E-state index contributed by atoms with van der Waals surface area (Å²) in [7, 11) is 0. The van der Waals surface area contributed by atoms with E-state index in [-0.39, 0.29) is 11.8 Å². The maximum Gasteiger partial charge on any atom is 0.124 e. The van der Waals surface area contributed by atoms with Crippen LogP contribution in [0.1, 0.15) is 40.0 Å². The van der Waals surface area contributed by atoms with Crippen molar-refractivity contribution < 1.29 is 4.74 Å². The monoisotopic (exact) mass is 212 g/mol. The van der Waals surface area contributed by atoms with Gasteiger partial charge < -0.3 is 4.74 Å². The van der Waals surface area contributed by atoms with E-state index >= 15 is 0 Å². The van der Waals surface area contributed by atoms with Crippen LogP contribution in [0.3, 0.4) is 0 Å². The number of hydrogen-bond acceptors (Lipinski definition) is 3. The summed E-state index contributed by atoms with van der Waals surface area (Å²) in [5.74, 6) is 0. The van der Waals surface area contributed by atoms with Gasteiger partial charge in [0.25, 0.3) is 0 Å². The lowest BCUT2D eigenvalue weighted by molar-refractivity contribution is -0.000858. The Labute approximate surface area is 93.2 Å². The van der Waals surface area contributed by atoms with Gasteiger partial charge in [-0.25, -0.2) is 0 Å². The Kier molecular flexibility index (Phi) is 3.33. The zero-order valence-electron chi connectivity index (χ0n) is 10.3. The van der Waals surface area contributed by atoms with Gasteiger partial charge in [0.2, 0.25) is 0 Å². The van der Waals surface area contributed by atoms with Gasteiger partial charge in [-0.05, 0) is 39.8 Å². The van der Waals surface area contributed by atoms with Crippen molar-refractivity contribution >= 4 is 0 Å². The van der Waals surface area contributed by atoms with Crippen LogP contribution in [0.2, 0.25) is 0 Å². The fraction of sp³-hybridized carbons (Fsp3) is 1.00. The van der Waals surface area contributed by atoms with Gasteiger partial charge in [0.15, 0.2) is 0 Å². The molecule has 0 amide bonds. The summed E-state index contributed by atoms with van der Waals surface area (Å²) in [4.78, 5) is 2.56. The van der Waals surface area contributed by atoms with Crippen molar-refractivity contribution in [1.29, 1.82) is 0 Å². The van der Waals surface area contributed by atoms with E-state index in [1.165, 1.54) is 25.8 Å². The van der Waals surface area contributed by atoms with E-state index < -0.39 is 0 Å². The second-order valence-corrected chi connectivity index (χ2v) is 5.45. The van der Waals surface area contributed by atoms with Crippen LogP contribution in [-0.4, -0.2) is 42.4 Å². The lowest BCUT2D eigenvalue weighted by Gasteiger charge is -2.38. The van der Waals surface area contributed by atoms with E-state index in [0.717, 1.165) is 13.2 Å². The molecule has 0 aromatic heterocycles. The highest BCUT2D eigenvalue weighted by molar-refractivity contribution is 4.92. The Morgan fingerprint density at radius 1 is 1.40 bits per heavy atom. The van der Waals surface area contributed by atoms with Gasteiger partial charge in [-0.3, -0.25) is 10.2 Å². The average molecular weight is 212 g/mol. The van der Waals surface area contributed by atoms with Gasteiger partial charge >= 0.3 is 0 Å². The lowest BCUT2D eigenvalue weighted by Crippen LogP contribution is -2.53. The highest BCUT2D eigenvalue weighted by Gasteiger charge is 2.38. The average Bonchev–Trinajstić information content (AvgIpc) is 2.59. The standard InChI is InChI=1S/C12H24N2O/c1-4-14-8-6-5-7-10(14)11-13-12(2,3)9-15-11/h10-11,13H,4-9H2,1-3H3. The van der Waals surface area contributed by atoms with Crippen molar-refractivity contribution in [2.24, 2.45) is 0 Å². The molecule has 2 heterocycles. The molecule has 2 unspecified atom stereocenters. The zero-order chi connectivity index (χ0) is 10.9. The van der Waals surface area contributed by atoms with Crippen molar-refractivity contribution in [2.45, 2.75) is 57.8 Å². The van der Waals surface area contributed by atoms with E-state index in [9.17, 15) is 0 Å². The summed E-state index contributed by atoms with van der Waals surface area (Å²) in [5.41, 5.74) is 0.154. The van der Waals surface area contributed by atoms with Crippen LogP contribution in [0.15, 0.2) is 0 Å². The molecule has 3 heteroatoms. The number of likely N-dealkylation sites (tertiary alicyclic amines) is 1. The molecule has 2 atom stereocenters. The first-order valence-corrected chi connectivity index (χ1v) is 6.26. The topological polar surface area (TPSA) is 24.5 Å². The van der Waals surface area contributed by atoms with Gasteiger partial charge in [-0.2, -0.15) is 0 Å². The van der Waals surface area contributed by atoms with E-state index in [1.54, 1.807) is 0 Å². The predicted octanol–water partition coefficient (Wildman–Crippen LogP) is 1.59. The first-order chi connectivity index (χ1) is 7.12. The molecule has 3 nitrogen and oxygen atoms in total. The molecule has 88 valence electrons. The molecular formula is C12H24N2O. The number of nitrogens with one attached hydrogen (secondary N) is 1. The first kappa shape index (κ1) is 11.4. The Morgan fingerprint density at radius 3 is 2.80 bits per heavy atom. The van der Waals surface area contributed by atoms with Crippen LogP contribution in [-0.2, 0) is 4.74 Å². The fourth-order valence-corrected chi connectivity index (χ4v) is 2.73. The van der Waals surface area contributed by atoms with Gasteiger partial charge in [-0.15, -0.1) is 0 Å². The summed E-state index contributed by atoms with van der Waals surface area (Å²) in [6.07, 6.45) is 4.23. The van der Waals surface area contributed by atoms with Crippen LogP contribution in [0.25, 0.3) is 0 Å². The Morgan fingerprint density at radius 2 is 2.20 bits per heavy atom. The third kappa shape index (κ3) is 2.52. The molecule has 0 spiro atoms. The minimum Gasteiger partial charge on any atom is -0.360 e. The Hall–Kier alpha value is -0.120. The summed E-state index contributed by atoms with van der Waals surface area (Å²) in [6, 6.07) is 0.588. The summed E-state index contributed by atoms with van der Waals surface area (Å²) in [5, 5.41) is 3.60. The summed E-state index contributed by atoms with van der Waals surface area (Å²) < 4.78 is 5.89. The minimum atomic E-state index is 0.154. The largest absolute Gasteiger partial charge is 0.360 e. The SMILES string of the molecule is CCN1CCCCC1C1NC(C)(C)CO1. The number of nitrogens with zero attached hydrogens (tertiary/aromatic N) is 1. The molecule has 15 heavy (non-hydrogen) atoms. The van der Waals surface area contributed by atoms with Crippen molar-refractivity contribution in [3.8, 4) is 0 Å². The smallest absolute Gasteiger partial charge is 0.124 e. The zero-order valence-corrected chi connectivity index (χ0v) is 10.3. The number of hydrogen-bond donors (Lipinski definition) is 1. The van der Waals surface area contributed by atoms with E-state index in [1.807, 2.05) is 0 Å². The van der Waals surface area contributed by atoms with E-state index in [0.29, 0.717) is 6.04 Å². The lowest BCUT2D eigenvalue weighted by atomic mass is 10.00. The number of ether oxygens (including phenoxy) is 1.